The Labute approximate surface area is 102 Å². The van der Waals surface area contributed by atoms with Gasteiger partial charge in [-0.15, -0.1) is 0 Å². The second kappa shape index (κ2) is 6.91. The van der Waals surface area contributed by atoms with Gasteiger partial charge in [0, 0.05) is 0 Å². The van der Waals surface area contributed by atoms with Crippen LogP contribution in [0.4, 0.5) is 0 Å². The third kappa shape index (κ3) is 4.44. The van der Waals surface area contributed by atoms with Crippen LogP contribution in [0.15, 0.2) is 24.3 Å². The number of ether oxygens (including phenoxy) is 2. The van der Waals surface area contributed by atoms with E-state index in [0.29, 0.717) is 6.42 Å². The van der Waals surface area contributed by atoms with E-state index in [4.69, 9.17) is 15.2 Å². The second-order valence-electron chi connectivity index (χ2n) is 3.85. The van der Waals surface area contributed by atoms with Gasteiger partial charge in [-0.3, -0.25) is 4.79 Å². The third-order valence-electron chi connectivity index (χ3n) is 2.42. The minimum absolute atomic E-state index is 0.230. The van der Waals surface area contributed by atoms with Gasteiger partial charge in [0.25, 0.3) is 0 Å². The number of hydrogen-bond acceptors (Lipinski definition) is 4. The highest BCUT2D eigenvalue weighted by Gasteiger charge is 2.13. The van der Waals surface area contributed by atoms with E-state index in [9.17, 15) is 4.79 Å². The van der Waals surface area contributed by atoms with Crippen molar-refractivity contribution in [1.82, 2.24) is 0 Å². The van der Waals surface area contributed by atoms with Crippen molar-refractivity contribution in [1.29, 1.82) is 0 Å². The van der Waals surface area contributed by atoms with Crippen molar-refractivity contribution in [2.75, 3.05) is 7.11 Å². The molecule has 1 unspecified atom stereocenters. The second-order valence-corrected chi connectivity index (χ2v) is 3.85. The summed E-state index contributed by atoms with van der Waals surface area (Å²) in [5.41, 5.74) is 6.54. The Hall–Kier alpha value is -1.55. The van der Waals surface area contributed by atoms with E-state index >= 15 is 0 Å². The van der Waals surface area contributed by atoms with Gasteiger partial charge < -0.3 is 15.2 Å². The van der Waals surface area contributed by atoms with Gasteiger partial charge in [-0.1, -0.05) is 25.5 Å². The molecule has 4 nitrogen and oxygen atoms in total. The van der Waals surface area contributed by atoms with Crippen LogP contribution in [-0.2, 0) is 16.1 Å². The van der Waals surface area contributed by atoms with Gasteiger partial charge in [0.1, 0.15) is 18.4 Å². The highest BCUT2D eigenvalue weighted by Crippen LogP contribution is 2.13. The molecule has 94 valence electrons. The number of hydrogen-bond donors (Lipinski definition) is 1. The van der Waals surface area contributed by atoms with E-state index in [-0.39, 0.29) is 12.6 Å². The molecule has 0 radical (unpaired) electrons. The lowest BCUT2D eigenvalue weighted by atomic mass is 10.2. The molecule has 0 spiro atoms. The van der Waals surface area contributed by atoms with Gasteiger partial charge in [-0.2, -0.15) is 0 Å². The molecule has 0 saturated heterocycles. The lowest BCUT2D eigenvalue weighted by Crippen LogP contribution is -2.31. The Bertz CT molecular complexity index is 365. The molecule has 0 heterocycles. The molecular weight excluding hydrogens is 218 g/mol. The van der Waals surface area contributed by atoms with Crippen molar-refractivity contribution in [3.8, 4) is 5.75 Å². The van der Waals surface area contributed by atoms with E-state index in [0.717, 1.165) is 17.7 Å². The van der Waals surface area contributed by atoms with Crippen LogP contribution >= 0.6 is 0 Å². The molecule has 0 aliphatic carbocycles. The van der Waals surface area contributed by atoms with E-state index in [1.807, 2.05) is 31.2 Å². The summed E-state index contributed by atoms with van der Waals surface area (Å²) >= 11 is 0. The topological polar surface area (TPSA) is 61.6 Å². The van der Waals surface area contributed by atoms with Crippen molar-refractivity contribution in [3.63, 3.8) is 0 Å². The fraction of sp³-hybridized carbons (Fsp3) is 0.462. The van der Waals surface area contributed by atoms with E-state index < -0.39 is 6.04 Å². The van der Waals surface area contributed by atoms with Crippen molar-refractivity contribution in [3.05, 3.63) is 29.8 Å². The molecule has 0 aliphatic heterocycles. The summed E-state index contributed by atoms with van der Waals surface area (Å²) in [6.07, 6.45) is 1.52. The van der Waals surface area contributed by atoms with E-state index in [2.05, 4.69) is 0 Å². The Kier molecular flexibility index (Phi) is 5.49. The molecule has 1 aromatic rings. The standard InChI is InChI=1S/C13H19NO3/c1-3-5-12(14)13(15)17-9-10-6-4-7-11(8-10)16-2/h4,6-8,12H,3,5,9,14H2,1-2H3. The highest BCUT2D eigenvalue weighted by atomic mass is 16.5. The summed E-state index contributed by atoms with van der Waals surface area (Å²) in [5, 5.41) is 0. The highest BCUT2D eigenvalue weighted by molar-refractivity contribution is 5.75. The van der Waals surface area contributed by atoms with Gasteiger partial charge in [0.2, 0.25) is 0 Å². The molecule has 17 heavy (non-hydrogen) atoms. The Balaban J connectivity index is 2.46. The van der Waals surface area contributed by atoms with Crippen LogP contribution in [-0.4, -0.2) is 19.1 Å². The molecule has 0 aromatic heterocycles. The van der Waals surface area contributed by atoms with Crippen LogP contribution in [0.3, 0.4) is 0 Å². The first-order chi connectivity index (χ1) is 8.17. The number of benzene rings is 1. The molecule has 1 atom stereocenters. The van der Waals surface area contributed by atoms with Crippen LogP contribution < -0.4 is 10.5 Å². The average Bonchev–Trinajstić information content (AvgIpc) is 2.36. The Morgan fingerprint density at radius 3 is 2.88 bits per heavy atom. The minimum Gasteiger partial charge on any atom is -0.497 e. The molecule has 0 fully saturated rings. The number of esters is 1. The Morgan fingerprint density at radius 2 is 2.24 bits per heavy atom. The van der Waals surface area contributed by atoms with E-state index in [1.54, 1.807) is 7.11 Å². The fourth-order valence-electron chi connectivity index (χ4n) is 1.45. The molecular formula is C13H19NO3. The number of rotatable bonds is 6. The molecule has 0 amide bonds. The molecule has 1 aromatic carbocycles. The molecule has 0 saturated carbocycles. The first-order valence-corrected chi connectivity index (χ1v) is 5.72. The van der Waals surface area contributed by atoms with Crippen molar-refractivity contribution >= 4 is 5.97 Å². The maximum absolute atomic E-state index is 11.5. The monoisotopic (exact) mass is 237 g/mol. The average molecular weight is 237 g/mol. The van der Waals surface area contributed by atoms with Gasteiger partial charge in [0.05, 0.1) is 7.11 Å². The normalized spacial score (nSPS) is 11.9. The first-order valence-electron chi connectivity index (χ1n) is 5.72. The molecule has 1 rings (SSSR count). The van der Waals surface area contributed by atoms with Crippen LogP contribution in [0, 0.1) is 0 Å². The Morgan fingerprint density at radius 1 is 1.47 bits per heavy atom. The van der Waals surface area contributed by atoms with Gasteiger partial charge >= 0.3 is 5.97 Å². The van der Waals surface area contributed by atoms with Crippen LogP contribution in [0.1, 0.15) is 25.3 Å². The van der Waals surface area contributed by atoms with Crippen LogP contribution in [0.25, 0.3) is 0 Å². The smallest absolute Gasteiger partial charge is 0.323 e. The van der Waals surface area contributed by atoms with Gasteiger partial charge in [-0.05, 0) is 24.1 Å². The summed E-state index contributed by atoms with van der Waals surface area (Å²) in [6.45, 7) is 2.21. The fourth-order valence-corrected chi connectivity index (χ4v) is 1.45. The van der Waals surface area contributed by atoms with Gasteiger partial charge in [0.15, 0.2) is 0 Å². The first kappa shape index (κ1) is 13.5. The maximum atomic E-state index is 11.5. The maximum Gasteiger partial charge on any atom is 0.323 e. The lowest BCUT2D eigenvalue weighted by molar-refractivity contribution is -0.146. The van der Waals surface area contributed by atoms with Crippen LogP contribution in [0.5, 0.6) is 5.75 Å². The summed E-state index contributed by atoms with van der Waals surface area (Å²) < 4.78 is 10.2. The largest absolute Gasteiger partial charge is 0.497 e. The minimum atomic E-state index is -0.523. The zero-order valence-corrected chi connectivity index (χ0v) is 10.3. The predicted octanol–water partition coefficient (Wildman–Crippen LogP) is 1.87. The summed E-state index contributed by atoms with van der Waals surface area (Å²) in [4.78, 5) is 11.5. The number of carbonyl (C=O) groups is 1. The lowest BCUT2D eigenvalue weighted by Gasteiger charge is -2.10. The number of nitrogens with two attached hydrogens (primary N) is 1. The molecule has 2 N–H and O–H groups in total. The molecule has 0 aliphatic rings. The summed E-state index contributed by atoms with van der Waals surface area (Å²) in [5.74, 6) is 0.395. The molecule has 0 bridgehead atoms. The third-order valence-corrected chi connectivity index (χ3v) is 2.42. The zero-order chi connectivity index (χ0) is 12.7. The van der Waals surface area contributed by atoms with Gasteiger partial charge in [-0.25, -0.2) is 0 Å². The van der Waals surface area contributed by atoms with Crippen LogP contribution in [0.2, 0.25) is 0 Å². The summed E-state index contributed by atoms with van der Waals surface area (Å²) in [7, 11) is 1.60. The van der Waals surface area contributed by atoms with Crippen molar-refractivity contribution in [2.24, 2.45) is 5.73 Å². The summed E-state index contributed by atoms with van der Waals surface area (Å²) in [6, 6.07) is 6.88. The zero-order valence-electron chi connectivity index (χ0n) is 10.3. The molecule has 4 heteroatoms. The number of methoxy groups -OCH3 is 1. The van der Waals surface area contributed by atoms with Crippen molar-refractivity contribution < 1.29 is 14.3 Å². The number of carbonyl (C=O) groups excluding carboxylic acids is 1. The predicted molar refractivity (Wildman–Crippen MR) is 65.7 cm³/mol. The quantitative estimate of drug-likeness (QED) is 0.767. The van der Waals surface area contributed by atoms with E-state index in [1.165, 1.54) is 0 Å². The van der Waals surface area contributed by atoms with Crippen molar-refractivity contribution in [2.45, 2.75) is 32.4 Å². The SMILES string of the molecule is CCCC(N)C(=O)OCc1cccc(OC)c1.